The Labute approximate surface area is 127 Å². The van der Waals surface area contributed by atoms with Crippen LogP contribution in [0, 0.1) is 19.8 Å². The van der Waals surface area contributed by atoms with Gasteiger partial charge in [-0.2, -0.15) is 0 Å². The van der Waals surface area contributed by atoms with Gasteiger partial charge >= 0.3 is 0 Å². The molecule has 1 aliphatic heterocycles. The molecule has 2 heterocycles. The van der Waals surface area contributed by atoms with Crippen LogP contribution in [0.5, 0.6) is 0 Å². The Hall–Kier alpha value is -1.39. The topological polar surface area (TPSA) is 45.5 Å². The number of nitrogens with zero attached hydrogens (tertiary/aromatic N) is 2. The summed E-state index contributed by atoms with van der Waals surface area (Å²) in [7, 11) is 0. The minimum atomic E-state index is 0.195. The highest BCUT2D eigenvalue weighted by Gasteiger charge is 2.22. The summed E-state index contributed by atoms with van der Waals surface area (Å²) in [5, 5.41) is 9.16. The van der Waals surface area contributed by atoms with Crippen molar-refractivity contribution >= 4 is 5.78 Å². The SMILES string of the molecule is C=CCn1c(C)cc(C(=O)CN2CCC(CO)CC2)c1C. The van der Waals surface area contributed by atoms with Gasteiger partial charge in [0.1, 0.15) is 0 Å². The summed E-state index contributed by atoms with van der Waals surface area (Å²) in [6.45, 7) is 11.1. The van der Waals surface area contributed by atoms with Crippen LogP contribution in [0.3, 0.4) is 0 Å². The van der Waals surface area contributed by atoms with E-state index in [1.807, 2.05) is 26.0 Å². The van der Waals surface area contributed by atoms with Crippen molar-refractivity contribution in [3.05, 3.63) is 35.7 Å². The van der Waals surface area contributed by atoms with Crippen LogP contribution in [0.2, 0.25) is 0 Å². The summed E-state index contributed by atoms with van der Waals surface area (Å²) < 4.78 is 2.12. The van der Waals surface area contributed by atoms with E-state index in [4.69, 9.17) is 5.11 Å². The number of allylic oxidation sites excluding steroid dienone is 1. The number of aryl methyl sites for hydroxylation is 1. The molecule has 21 heavy (non-hydrogen) atoms. The summed E-state index contributed by atoms with van der Waals surface area (Å²) in [6, 6.07) is 1.99. The van der Waals surface area contributed by atoms with Gasteiger partial charge in [0.25, 0.3) is 0 Å². The van der Waals surface area contributed by atoms with Gasteiger partial charge < -0.3 is 9.67 Å². The van der Waals surface area contributed by atoms with Crippen molar-refractivity contribution in [1.29, 1.82) is 0 Å². The number of aliphatic hydroxyl groups excluding tert-OH is 1. The Morgan fingerprint density at radius 1 is 1.43 bits per heavy atom. The van der Waals surface area contributed by atoms with Gasteiger partial charge in [0.15, 0.2) is 5.78 Å². The number of hydrogen-bond acceptors (Lipinski definition) is 3. The second-order valence-electron chi connectivity index (χ2n) is 6.01. The molecule has 0 atom stereocenters. The zero-order valence-corrected chi connectivity index (χ0v) is 13.1. The largest absolute Gasteiger partial charge is 0.396 e. The summed E-state index contributed by atoms with van der Waals surface area (Å²) in [6.07, 6.45) is 3.83. The Balaban J connectivity index is 2.01. The molecule has 0 unspecified atom stereocenters. The lowest BCUT2D eigenvalue weighted by molar-refractivity contribution is 0.0863. The zero-order valence-electron chi connectivity index (χ0n) is 13.1. The van der Waals surface area contributed by atoms with E-state index in [0.29, 0.717) is 12.5 Å². The molecule has 0 spiro atoms. The van der Waals surface area contributed by atoms with Crippen LogP contribution in [0.1, 0.15) is 34.6 Å². The van der Waals surface area contributed by atoms with E-state index in [2.05, 4.69) is 16.0 Å². The number of Topliss-reactive ketones (excluding diaryl/α,β-unsaturated/α-hetero) is 1. The van der Waals surface area contributed by atoms with E-state index in [1.165, 1.54) is 0 Å². The molecule has 1 saturated heterocycles. The van der Waals surface area contributed by atoms with Crippen molar-refractivity contribution in [3.8, 4) is 0 Å². The number of carbonyl (C=O) groups is 1. The molecule has 0 aromatic carbocycles. The summed E-state index contributed by atoms with van der Waals surface area (Å²) in [4.78, 5) is 14.7. The van der Waals surface area contributed by atoms with Crippen LogP contribution >= 0.6 is 0 Å². The first-order valence-electron chi connectivity index (χ1n) is 7.70. The van der Waals surface area contributed by atoms with Gasteiger partial charge in [0.05, 0.1) is 6.54 Å². The van der Waals surface area contributed by atoms with E-state index in [0.717, 1.165) is 49.4 Å². The van der Waals surface area contributed by atoms with Crippen molar-refractivity contribution < 1.29 is 9.90 Å². The van der Waals surface area contributed by atoms with Crippen LogP contribution in [-0.4, -0.2) is 46.6 Å². The molecule has 0 aliphatic carbocycles. The highest BCUT2D eigenvalue weighted by atomic mass is 16.3. The third kappa shape index (κ3) is 3.63. The fourth-order valence-electron chi connectivity index (χ4n) is 3.11. The zero-order chi connectivity index (χ0) is 15.4. The maximum absolute atomic E-state index is 12.5. The summed E-state index contributed by atoms with van der Waals surface area (Å²) in [5.74, 6) is 0.606. The Morgan fingerprint density at radius 3 is 2.67 bits per heavy atom. The monoisotopic (exact) mass is 290 g/mol. The van der Waals surface area contributed by atoms with Crippen molar-refractivity contribution in [2.75, 3.05) is 26.2 Å². The second kappa shape index (κ2) is 7.05. The lowest BCUT2D eigenvalue weighted by atomic mass is 9.97. The molecular formula is C17H26N2O2. The lowest BCUT2D eigenvalue weighted by Crippen LogP contribution is -2.38. The minimum absolute atomic E-state index is 0.195. The normalized spacial score (nSPS) is 17.1. The summed E-state index contributed by atoms with van der Waals surface area (Å²) in [5.41, 5.74) is 2.97. The maximum Gasteiger partial charge on any atom is 0.178 e. The number of likely N-dealkylation sites (tertiary alicyclic amines) is 1. The third-order valence-electron chi connectivity index (χ3n) is 4.52. The Bertz CT molecular complexity index is 511. The molecule has 0 amide bonds. The number of aliphatic hydroxyl groups is 1. The summed E-state index contributed by atoms with van der Waals surface area (Å²) >= 11 is 0. The van der Waals surface area contributed by atoms with Gasteiger partial charge in [-0.25, -0.2) is 0 Å². The first-order valence-corrected chi connectivity index (χ1v) is 7.70. The molecule has 1 aromatic heterocycles. The van der Waals surface area contributed by atoms with Crippen molar-refractivity contribution in [3.63, 3.8) is 0 Å². The fraction of sp³-hybridized carbons (Fsp3) is 0.588. The molecule has 4 nitrogen and oxygen atoms in total. The molecular weight excluding hydrogens is 264 g/mol. The molecule has 1 N–H and O–H groups in total. The molecule has 0 radical (unpaired) electrons. The average molecular weight is 290 g/mol. The second-order valence-corrected chi connectivity index (χ2v) is 6.01. The van der Waals surface area contributed by atoms with Gasteiger partial charge in [-0.15, -0.1) is 6.58 Å². The van der Waals surface area contributed by atoms with E-state index >= 15 is 0 Å². The fourth-order valence-corrected chi connectivity index (χ4v) is 3.11. The van der Waals surface area contributed by atoms with Crippen LogP contribution < -0.4 is 0 Å². The standard InChI is InChI=1S/C17H26N2O2/c1-4-7-19-13(2)10-16(14(19)3)17(21)11-18-8-5-15(12-20)6-9-18/h4,10,15,20H,1,5-9,11-12H2,2-3H3. The van der Waals surface area contributed by atoms with Gasteiger partial charge in [-0.1, -0.05) is 6.08 Å². The van der Waals surface area contributed by atoms with Gasteiger partial charge in [0, 0.05) is 30.1 Å². The van der Waals surface area contributed by atoms with E-state index in [-0.39, 0.29) is 12.4 Å². The van der Waals surface area contributed by atoms with Crippen molar-refractivity contribution in [2.45, 2.75) is 33.2 Å². The maximum atomic E-state index is 12.5. The number of piperidine rings is 1. The predicted octanol–water partition coefficient (Wildman–Crippen LogP) is 2.18. The molecule has 2 rings (SSSR count). The lowest BCUT2D eigenvalue weighted by Gasteiger charge is -2.30. The number of rotatable bonds is 6. The number of ketones is 1. The Morgan fingerprint density at radius 2 is 2.10 bits per heavy atom. The van der Waals surface area contributed by atoms with Crippen LogP contribution in [0.4, 0.5) is 0 Å². The molecule has 0 bridgehead atoms. The molecule has 1 fully saturated rings. The predicted molar refractivity (Wildman–Crippen MR) is 84.7 cm³/mol. The number of carbonyl (C=O) groups excluding carboxylic acids is 1. The van der Waals surface area contributed by atoms with E-state index < -0.39 is 0 Å². The highest BCUT2D eigenvalue weighted by molar-refractivity contribution is 5.99. The number of hydrogen-bond donors (Lipinski definition) is 1. The molecule has 0 saturated carbocycles. The van der Waals surface area contributed by atoms with Crippen LogP contribution in [0.15, 0.2) is 18.7 Å². The van der Waals surface area contributed by atoms with Gasteiger partial charge in [0.2, 0.25) is 0 Å². The van der Waals surface area contributed by atoms with Crippen LogP contribution in [-0.2, 0) is 6.54 Å². The first kappa shape index (κ1) is 16.0. The van der Waals surface area contributed by atoms with Gasteiger partial charge in [-0.3, -0.25) is 9.69 Å². The van der Waals surface area contributed by atoms with Crippen molar-refractivity contribution in [2.24, 2.45) is 5.92 Å². The smallest absolute Gasteiger partial charge is 0.178 e. The van der Waals surface area contributed by atoms with E-state index in [1.54, 1.807) is 0 Å². The third-order valence-corrected chi connectivity index (χ3v) is 4.52. The van der Waals surface area contributed by atoms with Crippen LogP contribution in [0.25, 0.3) is 0 Å². The average Bonchev–Trinajstić information content (AvgIpc) is 2.76. The molecule has 1 aromatic rings. The molecule has 116 valence electrons. The quantitative estimate of drug-likeness (QED) is 0.645. The molecule has 4 heteroatoms. The Kier molecular flexibility index (Phi) is 5.37. The highest BCUT2D eigenvalue weighted by Crippen LogP contribution is 2.19. The minimum Gasteiger partial charge on any atom is -0.396 e. The van der Waals surface area contributed by atoms with Gasteiger partial charge in [-0.05, 0) is 51.8 Å². The van der Waals surface area contributed by atoms with Crippen molar-refractivity contribution in [1.82, 2.24) is 9.47 Å². The molecule has 1 aliphatic rings. The first-order chi connectivity index (χ1) is 10.1. The van der Waals surface area contributed by atoms with E-state index in [9.17, 15) is 4.79 Å². The number of aromatic nitrogens is 1.